The summed E-state index contributed by atoms with van der Waals surface area (Å²) >= 11 is 0. The first-order valence-electron chi connectivity index (χ1n) is 7.64. The summed E-state index contributed by atoms with van der Waals surface area (Å²) in [5.41, 5.74) is 0.904. The minimum Gasteiger partial charge on any atom is -0.482 e. The van der Waals surface area contributed by atoms with Crippen molar-refractivity contribution < 1.29 is 28.2 Å². The quantitative estimate of drug-likeness (QED) is 0.734. The fourth-order valence-electron chi connectivity index (χ4n) is 1.93. The highest BCUT2D eigenvalue weighted by Crippen LogP contribution is 2.12. The van der Waals surface area contributed by atoms with Gasteiger partial charge < -0.3 is 20.1 Å². The summed E-state index contributed by atoms with van der Waals surface area (Å²) in [6.07, 6.45) is 0. The van der Waals surface area contributed by atoms with Gasteiger partial charge in [0.2, 0.25) is 0 Å². The number of esters is 1. The maximum atomic E-state index is 13.0. The lowest BCUT2D eigenvalue weighted by molar-refractivity contribution is -0.149. The molecule has 0 radical (unpaired) electrons. The predicted octanol–water partition coefficient (Wildman–Crippen LogP) is 1.75. The molecule has 2 amide bonds. The summed E-state index contributed by atoms with van der Waals surface area (Å²) in [6.45, 7) is -0.944. The lowest BCUT2D eigenvalue weighted by atomic mass is 10.2. The number of ether oxygens (including phenoxy) is 2. The van der Waals surface area contributed by atoms with E-state index in [0.717, 1.165) is 6.07 Å². The van der Waals surface area contributed by atoms with Crippen LogP contribution in [0.15, 0.2) is 48.5 Å². The van der Waals surface area contributed by atoms with Crippen LogP contribution in [0.4, 0.5) is 10.1 Å². The van der Waals surface area contributed by atoms with Crippen molar-refractivity contribution >= 4 is 23.5 Å². The third kappa shape index (κ3) is 5.90. The first kappa shape index (κ1) is 18.9. The molecule has 0 bridgehead atoms. The van der Waals surface area contributed by atoms with Gasteiger partial charge in [-0.3, -0.25) is 9.59 Å². The van der Waals surface area contributed by atoms with E-state index in [-0.39, 0.29) is 11.7 Å². The van der Waals surface area contributed by atoms with Crippen molar-refractivity contribution in [3.05, 3.63) is 59.9 Å². The average Bonchev–Trinajstić information content (AvgIpc) is 2.64. The maximum Gasteiger partial charge on any atom is 0.344 e. The van der Waals surface area contributed by atoms with Gasteiger partial charge in [0.05, 0.1) is 0 Å². The predicted molar refractivity (Wildman–Crippen MR) is 91.3 cm³/mol. The van der Waals surface area contributed by atoms with Crippen molar-refractivity contribution in [3.8, 4) is 5.75 Å². The summed E-state index contributed by atoms with van der Waals surface area (Å²) in [4.78, 5) is 34.7. The Hall–Kier alpha value is -3.42. The molecule has 0 aliphatic carbocycles. The van der Waals surface area contributed by atoms with Gasteiger partial charge in [-0.25, -0.2) is 9.18 Å². The van der Waals surface area contributed by atoms with Crippen molar-refractivity contribution in [1.82, 2.24) is 5.32 Å². The lowest BCUT2D eigenvalue weighted by Crippen LogP contribution is -2.23. The second kappa shape index (κ2) is 9.16. The molecule has 0 saturated heterocycles. The zero-order valence-corrected chi connectivity index (χ0v) is 14.0. The van der Waals surface area contributed by atoms with E-state index in [1.165, 1.54) is 25.2 Å². The summed E-state index contributed by atoms with van der Waals surface area (Å²) in [6, 6.07) is 11.5. The number of halogens is 1. The summed E-state index contributed by atoms with van der Waals surface area (Å²) < 4.78 is 22.8. The fourth-order valence-corrected chi connectivity index (χ4v) is 1.93. The molecule has 7 nitrogen and oxygen atoms in total. The first-order valence-corrected chi connectivity index (χ1v) is 7.64. The van der Waals surface area contributed by atoms with E-state index in [1.54, 1.807) is 24.3 Å². The Morgan fingerprint density at radius 1 is 1.04 bits per heavy atom. The van der Waals surface area contributed by atoms with Gasteiger partial charge in [0.15, 0.2) is 13.2 Å². The number of carbonyl (C=O) groups is 3. The fraction of sp³-hybridized carbons (Fsp3) is 0.167. The van der Waals surface area contributed by atoms with Gasteiger partial charge in [-0.15, -0.1) is 0 Å². The summed E-state index contributed by atoms with van der Waals surface area (Å²) in [5.74, 6) is -1.86. The molecule has 136 valence electrons. The van der Waals surface area contributed by atoms with Gasteiger partial charge >= 0.3 is 5.97 Å². The third-order valence-electron chi connectivity index (χ3n) is 3.17. The SMILES string of the molecule is CNC(=O)c1ccc(NC(=O)COC(=O)COc2cccc(F)c2)cc1. The molecular formula is C18H17FN2O5. The monoisotopic (exact) mass is 360 g/mol. The van der Waals surface area contributed by atoms with Crippen molar-refractivity contribution in [2.45, 2.75) is 0 Å². The van der Waals surface area contributed by atoms with Crippen LogP contribution in [0.25, 0.3) is 0 Å². The second-order valence-corrected chi connectivity index (χ2v) is 5.11. The van der Waals surface area contributed by atoms with Gasteiger partial charge in [0.25, 0.3) is 11.8 Å². The Balaban J connectivity index is 1.74. The normalized spacial score (nSPS) is 9.92. The van der Waals surface area contributed by atoms with Gasteiger partial charge in [0, 0.05) is 24.4 Å². The highest BCUT2D eigenvalue weighted by atomic mass is 19.1. The van der Waals surface area contributed by atoms with Crippen molar-refractivity contribution in [2.24, 2.45) is 0 Å². The zero-order chi connectivity index (χ0) is 18.9. The number of hydrogen-bond acceptors (Lipinski definition) is 5. The molecule has 8 heteroatoms. The van der Waals surface area contributed by atoms with Crippen molar-refractivity contribution in [3.63, 3.8) is 0 Å². The lowest BCUT2D eigenvalue weighted by Gasteiger charge is -2.08. The van der Waals surface area contributed by atoms with E-state index in [2.05, 4.69) is 10.6 Å². The van der Waals surface area contributed by atoms with Crippen LogP contribution in [-0.4, -0.2) is 38.0 Å². The van der Waals surface area contributed by atoms with Crippen LogP contribution in [0, 0.1) is 5.82 Å². The third-order valence-corrected chi connectivity index (χ3v) is 3.17. The van der Waals surface area contributed by atoms with E-state index < -0.39 is 30.9 Å². The topological polar surface area (TPSA) is 93.7 Å². The minimum atomic E-state index is -0.764. The van der Waals surface area contributed by atoms with Crippen LogP contribution in [0.1, 0.15) is 10.4 Å². The molecule has 0 spiro atoms. The number of hydrogen-bond donors (Lipinski definition) is 2. The molecule has 2 aromatic rings. The van der Waals surface area contributed by atoms with Gasteiger partial charge in [-0.2, -0.15) is 0 Å². The molecule has 26 heavy (non-hydrogen) atoms. The highest BCUT2D eigenvalue weighted by Gasteiger charge is 2.10. The maximum absolute atomic E-state index is 13.0. The van der Waals surface area contributed by atoms with Gasteiger partial charge in [-0.05, 0) is 36.4 Å². The van der Waals surface area contributed by atoms with E-state index in [4.69, 9.17) is 9.47 Å². The molecular weight excluding hydrogens is 343 g/mol. The largest absolute Gasteiger partial charge is 0.482 e. The average molecular weight is 360 g/mol. The Morgan fingerprint density at radius 3 is 2.42 bits per heavy atom. The van der Waals surface area contributed by atoms with Crippen LogP contribution < -0.4 is 15.4 Å². The molecule has 0 fully saturated rings. The minimum absolute atomic E-state index is 0.183. The summed E-state index contributed by atoms with van der Waals surface area (Å²) in [5, 5.41) is 5.01. The van der Waals surface area contributed by atoms with Crippen LogP contribution >= 0.6 is 0 Å². The van der Waals surface area contributed by atoms with Crippen LogP contribution in [-0.2, 0) is 14.3 Å². The summed E-state index contributed by atoms with van der Waals surface area (Å²) in [7, 11) is 1.52. The second-order valence-electron chi connectivity index (χ2n) is 5.11. The van der Waals surface area contributed by atoms with Gasteiger partial charge in [0.1, 0.15) is 11.6 Å². The molecule has 0 aromatic heterocycles. The van der Waals surface area contributed by atoms with Gasteiger partial charge in [-0.1, -0.05) is 6.07 Å². The molecule has 2 rings (SSSR count). The molecule has 0 heterocycles. The van der Waals surface area contributed by atoms with Crippen LogP contribution in [0.2, 0.25) is 0 Å². The molecule has 0 aliphatic heterocycles. The van der Waals surface area contributed by atoms with Crippen molar-refractivity contribution in [1.29, 1.82) is 0 Å². The smallest absolute Gasteiger partial charge is 0.344 e. The van der Waals surface area contributed by atoms with E-state index in [1.807, 2.05) is 0 Å². The molecule has 2 aromatic carbocycles. The molecule has 0 unspecified atom stereocenters. The number of nitrogens with one attached hydrogen (secondary N) is 2. The Bertz CT molecular complexity index is 792. The number of rotatable bonds is 7. The van der Waals surface area contributed by atoms with E-state index in [9.17, 15) is 18.8 Å². The Kier molecular flexibility index (Phi) is 6.67. The van der Waals surface area contributed by atoms with Crippen molar-refractivity contribution in [2.75, 3.05) is 25.6 Å². The Labute approximate surface area is 149 Å². The number of anilines is 1. The van der Waals surface area contributed by atoms with E-state index in [0.29, 0.717) is 11.3 Å². The highest BCUT2D eigenvalue weighted by molar-refractivity contribution is 5.96. The zero-order valence-electron chi connectivity index (χ0n) is 14.0. The molecule has 0 aliphatic rings. The van der Waals surface area contributed by atoms with E-state index >= 15 is 0 Å². The Morgan fingerprint density at radius 2 is 1.77 bits per heavy atom. The molecule has 0 saturated carbocycles. The number of carbonyl (C=O) groups excluding carboxylic acids is 3. The number of amides is 2. The standard InChI is InChI=1S/C18H17FN2O5/c1-20-18(24)12-5-7-14(8-6-12)21-16(22)10-26-17(23)11-25-15-4-2-3-13(19)9-15/h2-9H,10-11H2,1H3,(H,20,24)(H,21,22). The van der Waals surface area contributed by atoms with Crippen LogP contribution in [0.3, 0.4) is 0 Å². The van der Waals surface area contributed by atoms with Crippen LogP contribution in [0.5, 0.6) is 5.75 Å². The number of benzene rings is 2. The first-order chi connectivity index (χ1) is 12.5. The molecule has 2 N–H and O–H groups in total. The molecule has 0 atom stereocenters.